The van der Waals surface area contributed by atoms with Crippen LogP contribution in [0.15, 0.2) is 53.0 Å². The molecule has 0 aliphatic carbocycles. The standard InChI is InChI=1S/C21H23N3O4S2/c1-14-22-11-15(12-23-14)16-7-5-6-8-19(16)30(26,27)24-17-9-10-29-20(17)18(25)13-28-21(2,3)4/h5-12,24H,13H2,1-4H3. The Balaban J connectivity index is 1.90. The second-order valence-corrected chi connectivity index (χ2v) is 10.2. The van der Waals surface area contributed by atoms with Gasteiger partial charge in [-0.3, -0.25) is 9.52 Å². The average Bonchev–Trinajstić information content (AvgIpc) is 3.13. The summed E-state index contributed by atoms with van der Waals surface area (Å²) in [7, 11) is -3.96. The number of rotatable bonds is 7. The summed E-state index contributed by atoms with van der Waals surface area (Å²) in [5.41, 5.74) is 0.824. The molecule has 1 aromatic carbocycles. The Morgan fingerprint density at radius 1 is 1.13 bits per heavy atom. The predicted molar refractivity (Wildman–Crippen MR) is 117 cm³/mol. The fraction of sp³-hybridized carbons (Fsp3) is 0.286. The highest BCUT2D eigenvalue weighted by Crippen LogP contribution is 2.30. The minimum atomic E-state index is -3.96. The molecule has 0 fully saturated rings. The van der Waals surface area contributed by atoms with Gasteiger partial charge in [0.05, 0.1) is 21.1 Å². The summed E-state index contributed by atoms with van der Waals surface area (Å²) in [5, 5.41) is 1.67. The second kappa shape index (κ2) is 8.63. The maximum Gasteiger partial charge on any atom is 0.262 e. The van der Waals surface area contributed by atoms with Crippen molar-refractivity contribution in [2.45, 2.75) is 38.2 Å². The molecule has 0 aliphatic heterocycles. The van der Waals surface area contributed by atoms with E-state index in [-0.39, 0.29) is 23.0 Å². The molecule has 0 aliphatic rings. The summed E-state index contributed by atoms with van der Waals surface area (Å²) in [4.78, 5) is 21.2. The lowest BCUT2D eigenvalue weighted by Gasteiger charge is -2.19. The minimum absolute atomic E-state index is 0.0768. The summed E-state index contributed by atoms with van der Waals surface area (Å²) in [5.74, 6) is 0.314. The molecule has 0 unspecified atom stereocenters. The van der Waals surface area contributed by atoms with E-state index in [1.807, 2.05) is 20.8 Å². The van der Waals surface area contributed by atoms with Gasteiger partial charge in [0.2, 0.25) is 5.78 Å². The molecular formula is C21H23N3O4S2. The molecule has 2 aromatic heterocycles. The van der Waals surface area contributed by atoms with Gasteiger partial charge in [-0.25, -0.2) is 18.4 Å². The first-order valence-electron chi connectivity index (χ1n) is 9.22. The lowest BCUT2D eigenvalue weighted by Crippen LogP contribution is -2.24. The van der Waals surface area contributed by atoms with E-state index in [0.717, 1.165) is 0 Å². The summed E-state index contributed by atoms with van der Waals surface area (Å²) in [6.45, 7) is 7.18. The minimum Gasteiger partial charge on any atom is -0.368 e. The van der Waals surface area contributed by atoms with Gasteiger partial charge >= 0.3 is 0 Å². The summed E-state index contributed by atoms with van der Waals surface area (Å²) >= 11 is 1.17. The summed E-state index contributed by atoms with van der Waals surface area (Å²) in [6, 6.07) is 8.17. The van der Waals surface area contributed by atoms with Crippen LogP contribution in [0, 0.1) is 6.92 Å². The van der Waals surface area contributed by atoms with Crippen molar-refractivity contribution in [2.75, 3.05) is 11.3 Å². The molecule has 0 bridgehead atoms. The number of nitrogens with zero attached hydrogens (tertiary/aromatic N) is 2. The first-order chi connectivity index (χ1) is 14.1. The number of ether oxygens (including phenoxy) is 1. The normalized spacial score (nSPS) is 12.0. The zero-order chi connectivity index (χ0) is 21.9. The van der Waals surface area contributed by atoms with Crippen LogP contribution in [0.4, 0.5) is 5.69 Å². The van der Waals surface area contributed by atoms with E-state index in [4.69, 9.17) is 4.74 Å². The van der Waals surface area contributed by atoms with E-state index in [2.05, 4.69) is 14.7 Å². The van der Waals surface area contributed by atoms with E-state index < -0.39 is 15.6 Å². The van der Waals surface area contributed by atoms with Gasteiger partial charge in [-0.2, -0.15) is 0 Å². The molecule has 0 radical (unpaired) electrons. The Morgan fingerprint density at radius 3 is 2.47 bits per heavy atom. The molecule has 2 heterocycles. The zero-order valence-electron chi connectivity index (χ0n) is 17.2. The summed E-state index contributed by atoms with van der Waals surface area (Å²) in [6.07, 6.45) is 3.17. The van der Waals surface area contributed by atoms with Crippen molar-refractivity contribution in [3.63, 3.8) is 0 Å². The number of nitrogens with one attached hydrogen (secondary N) is 1. The first kappa shape index (κ1) is 22.1. The molecule has 0 spiro atoms. The Labute approximate surface area is 180 Å². The number of carbonyl (C=O) groups excluding carboxylic acids is 1. The molecule has 7 nitrogen and oxygen atoms in total. The number of aryl methyl sites for hydroxylation is 1. The number of sulfonamides is 1. The van der Waals surface area contributed by atoms with Crippen molar-refractivity contribution in [2.24, 2.45) is 0 Å². The fourth-order valence-corrected chi connectivity index (χ4v) is 4.77. The van der Waals surface area contributed by atoms with Crippen molar-refractivity contribution >= 4 is 32.8 Å². The number of carbonyl (C=O) groups is 1. The number of ketones is 1. The number of benzene rings is 1. The van der Waals surface area contributed by atoms with E-state index in [1.165, 1.54) is 17.4 Å². The van der Waals surface area contributed by atoms with Crippen molar-refractivity contribution in [3.05, 3.63) is 58.8 Å². The molecule has 158 valence electrons. The number of thiophene rings is 1. The van der Waals surface area contributed by atoms with Gasteiger partial charge in [-0.15, -0.1) is 11.3 Å². The van der Waals surface area contributed by atoms with Gasteiger partial charge in [0, 0.05) is 23.5 Å². The molecule has 0 saturated carbocycles. The lowest BCUT2D eigenvalue weighted by atomic mass is 10.1. The highest BCUT2D eigenvalue weighted by atomic mass is 32.2. The monoisotopic (exact) mass is 445 g/mol. The molecule has 1 N–H and O–H groups in total. The van der Waals surface area contributed by atoms with Gasteiger partial charge in [0.1, 0.15) is 12.4 Å². The van der Waals surface area contributed by atoms with Crippen LogP contribution in [0.1, 0.15) is 36.3 Å². The largest absolute Gasteiger partial charge is 0.368 e. The van der Waals surface area contributed by atoms with Crippen molar-refractivity contribution in [1.82, 2.24) is 9.97 Å². The van der Waals surface area contributed by atoms with E-state index in [9.17, 15) is 13.2 Å². The Hall–Kier alpha value is -2.62. The van der Waals surface area contributed by atoms with Crippen molar-refractivity contribution in [1.29, 1.82) is 0 Å². The van der Waals surface area contributed by atoms with Gasteiger partial charge in [0.25, 0.3) is 10.0 Å². The smallest absolute Gasteiger partial charge is 0.262 e. The van der Waals surface area contributed by atoms with Gasteiger partial charge in [-0.05, 0) is 45.2 Å². The van der Waals surface area contributed by atoms with Crippen LogP contribution >= 0.6 is 11.3 Å². The number of anilines is 1. The number of Topliss-reactive ketones (excluding diaryl/α,β-unsaturated/α-hetero) is 1. The average molecular weight is 446 g/mol. The van der Waals surface area contributed by atoms with Crippen LogP contribution < -0.4 is 4.72 Å². The highest BCUT2D eigenvalue weighted by Gasteiger charge is 2.24. The molecule has 0 amide bonds. The number of hydrogen-bond donors (Lipinski definition) is 1. The molecule has 9 heteroatoms. The van der Waals surface area contributed by atoms with Crippen molar-refractivity contribution < 1.29 is 17.9 Å². The molecular weight excluding hydrogens is 422 g/mol. The maximum atomic E-state index is 13.2. The van der Waals surface area contributed by atoms with Crippen LogP contribution in [-0.2, 0) is 14.8 Å². The van der Waals surface area contributed by atoms with E-state index in [1.54, 1.807) is 49.0 Å². The van der Waals surface area contributed by atoms with Crippen LogP contribution in [0.25, 0.3) is 11.1 Å². The summed E-state index contributed by atoms with van der Waals surface area (Å²) < 4.78 is 34.4. The molecule has 0 atom stereocenters. The fourth-order valence-electron chi connectivity index (χ4n) is 2.62. The molecule has 30 heavy (non-hydrogen) atoms. The van der Waals surface area contributed by atoms with Gasteiger partial charge in [0.15, 0.2) is 0 Å². The topological polar surface area (TPSA) is 98.2 Å². The van der Waals surface area contributed by atoms with Crippen LogP contribution in [0.2, 0.25) is 0 Å². The van der Waals surface area contributed by atoms with Crippen LogP contribution in [0.5, 0.6) is 0 Å². The molecule has 3 aromatic rings. The van der Waals surface area contributed by atoms with E-state index >= 15 is 0 Å². The molecule has 0 saturated heterocycles. The third-order valence-electron chi connectivity index (χ3n) is 4.07. The predicted octanol–water partition coefficient (Wildman–Crippen LogP) is 4.31. The lowest BCUT2D eigenvalue weighted by molar-refractivity contribution is 0.00326. The molecule has 3 rings (SSSR count). The van der Waals surface area contributed by atoms with Gasteiger partial charge < -0.3 is 4.74 Å². The Morgan fingerprint density at radius 2 is 1.80 bits per heavy atom. The number of hydrogen-bond acceptors (Lipinski definition) is 7. The number of aromatic nitrogens is 2. The third-order valence-corrected chi connectivity index (χ3v) is 6.45. The maximum absolute atomic E-state index is 13.2. The van der Waals surface area contributed by atoms with Crippen molar-refractivity contribution in [3.8, 4) is 11.1 Å². The Bertz CT molecular complexity index is 1150. The van der Waals surface area contributed by atoms with Gasteiger partial charge in [-0.1, -0.05) is 18.2 Å². The quantitative estimate of drug-likeness (QED) is 0.544. The Kier molecular flexibility index (Phi) is 6.35. The second-order valence-electron chi connectivity index (χ2n) is 7.61. The third kappa shape index (κ3) is 5.29. The first-order valence-corrected chi connectivity index (χ1v) is 11.6. The van der Waals surface area contributed by atoms with Crippen LogP contribution in [-0.4, -0.2) is 36.4 Å². The highest BCUT2D eigenvalue weighted by molar-refractivity contribution is 7.92. The van der Waals surface area contributed by atoms with Crippen LogP contribution in [0.3, 0.4) is 0 Å². The van der Waals surface area contributed by atoms with E-state index in [0.29, 0.717) is 21.8 Å². The SMILES string of the molecule is Cc1ncc(-c2ccccc2S(=O)(=O)Nc2ccsc2C(=O)COC(C)(C)C)cn1. The zero-order valence-corrected chi connectivity index (χ0v) is 18.8.